The zero-order chi connectivity index (χ0) is 18.0. The van der Waals surface area contributed by atoms with Crippen molar-refractivity contribution in [2.45, 2.75) is 77.9 Å². The first-order valence-electron chi connectivity index (χ1n) is 9.85. The molecule has 1 N–H and O–H groups in total. The number of aliphatic hydroxyl groups excluding tert-OH is 1. The number of allylic oxidation sites excluding steroid dienone is 1. The van der Waals surface area contributed by atoms with Crippen LogP contribution in [-0.2, 0) is 14.3 Å². The van der Waals surface area contributed by atoms with Crippen molar-refractivity contribution in [3.63, 3.8) is 0 Å². The van der Waals surface area contributed by atoms with Crippen LogP contribution in [0.1, 0.15) is 65.7 Å². The molecule has 4 aliphatic rings. The standard InChI is InChI=1S/C21H30O4/c1-12(22)25-18-11-17-15-5-4-13-10-14(23)6-8-20(13,2)16(15)7-9-21(17,3)19(18)24/h4,14-18,23H,5-11H2,1-3H3/t14?,15?,16?,17?,18-,20+,21+/m1/s1. The Kier molecular flexibility index (Phi) is 3.91. The molecular formula is C21H30O4. The van der Waals surface area contributed by atoms with Gasteiger partial charge >= 0.3 is 5.97 Å². The van der Waals surface area contributed by atoms with E-state index in [4.69, 9.17) is 4.74 Å². The fraction of sp³-hybridized carbons (Fsp3) is 0.810. The van der Waals surface area contributed by atoms with E-state index >= 15 is 0 Å². The molecule has 0 spiro atoms. The maximum absolute atomic E-state index is 13.0. The molecule has 4 aliphatic carbocycles. The number of carbonyl (C=O) groups is 2. The van der Waals surface area contributed by atoms with E-state index < -0.39 is 6.10 Å². The van der Waals surface area contributed by atoms with Gasteiger partial charge in [0.1, 0.15) is 0 Å². The molecule has 0 saturated heterocycles. The van der Waals surface area contributed by atoms with Crippen LogP contribution in [0.25, 0.3) is 0 Å². The van der Waals surface area contributed by atoms with Crippen molar-refractivity contribution in [3.05, 3.63) is 11.6 Å². The summed E-state index contributed by atoms with van der Waals surface area (Å²) in [7, 11) is 0. The summed E-state index contributed by atoms with van der Waals surface area (Å²) < 4.78 is 5.37. The summed E-state index contributed by atoms with van der Waals surface area (Å²) in [4.78, 5) is 24.4. The molecule has 3 saturated carbocycles. The number of fused-ring (bicyclic) bond motifs is 5. The molecule has 7 atom stereocenters. The Morgan fingerprint density at radius 2 is 1.92 bits per heavy atom. The van der Waals surface area contributed by atoms with E-state index in [-0.39, 0.29) is 28.7 Å². The van der Waals surface area contributed by atoms with Crippen molar-refractivity contribution < 1.29 is 19.4 Å². The van der Waals surface area contributed by atoms with E-state index in [0.29, 0.717) is 24.2 Å². The Morgan fingerprint density at radius 3 is 2.64 bits per heavy atom. The lowest BCUT2D eigenvalue weighted by Gasteiger charge is -2.56. The maximum atomic E-state index is 13.0. The van der Waals surface area contributed by atoms with Crippen molar-refractivity contribution in [2.75, 3.05) is 0 Å². The predicted octanol–water partition coefficient (Wildman–Crippen LogP) is 3.42. The number of hydrogen-bond donors (Lipinski definition) is 1. The minimum absolute atomic E-state index is 0.144. The Balaban J connectivity index is 1.64. The normalized spacial score (nSPS) is 48.9. The molecule has 4 unspecified atom stereocenters. The zero-order valence-corrected chi connectivity index (χ0v) is 15.6. The minimum atomic E-state index is -0.544. The summed E-state index contributed by atoms with van der Waals surface area (Å²) in [6.07, 6.45) is 8.04. The average molecular weight is 346 g/mol. The van der Waals surface area contributed by atoms with E-state index in [9.17, 15) is 14.7 Å². The summed E-state index contributed by atoms with van der Waals surface area (Å²) >= 11 is 0. The van der Waals surface area contributed by atoms with Crippen LogP contribution in [0.15, 0.2) is 11.6 Å². The second-order valence-electron chi connectivity index (χ2n) is 9.31. The van der Waals surface area contributed by atoms with Gasteiger partial charge in [-0.1, -0.05) is 25.5 Å². The minimum Gasteiger partial charge on any atom is -0.455 e. The lowest BCUT2D eigenvalue weighted by atomic mass is 9.48. The number of aliphatic hydroxyl groups is 1. The second-order valence-corrected chi connectivity index (χ2v) is 9.31. The Bertz CT molecular complexity index is 638. The average Bonchev–Trinajstić information content (AvgIpc) is 2.79. The molecule has 0 aromatic heterocycles. The van der Waals surface area contributed by atoms with E-state index in [0.717, 1.165) is 38.5 Å². The Hall–Kier alpha value is -1.16. The quantitative estimate of drug-likeness (QED) is 0.584. The van der Waals surface area contributed by atoms with Crippen molar-refractivity contribution in [2.24, 2.45) is 28.6 Å². The Morgan fingerprint density at radius 1 is 1.20 bits per heavy atom. The van der Waals surface area contributed by atoms with Crippen LogP contribution in [0.3, 0.4) is 0 Å². The highest BCUT2D eigenvalue weighted by Gasteiger charge is 2.61. The monoisotopic (exact) mass is 346 g/mol. The highest BCUT2D eigenvalue weighted by molar-refractivity contribution is 5.92. The predicted molar refractivity (Wildman–Crippen MR) is 93.7 cm³/mol. The summed E-state index contributed by atoms with van der Waals surface area (Å²) in [5.74, 6) is 1.18. The van der Waals surface area contributed by atoms with Gasteiger partial charge in [-0.25, -0.2) is 0 Å². The molecule has 0 aromatic carbocycles. The molecule has 25 heavy (non-hydrogen) atoms. The maximum Gasteiger partial charge on any atom is 0.303 e. The van der Waals surface area contributed by atoms with Gasteiger partial charge in [0.15, 0.2) is 11.9 Å². The van der Waals surface area contributed by atoms with Gasteiger partial charge in [-0.3, -0.25) is 9.59 Å². The van der Waals surface area contributed by atoms with Crippen molar-refractivity contribution in [1.29, 1.82) is 0 Å². The van der Waals surface area contributed by atoms with Crippen LogP contribution in [-0.4, -0.2) is 29.1 Å². The highest BCUT2D eigenvalue weighted by atomic mass is 16.5. The number of carbonyl (C=O) groups excluding carboxylic acids is 2. The van der Waals surface area contributed by atoms with Gasteiger partial charge < -0.3 is 9.84 Å². The molecule has 0 radical (unpaired) electrons. The molecule has 0 aliphatic heterocycles. The lowest BCUT2D eigenvalue weighted by Crippen LogP contribution is -2.50. The summed E-state index contributed by atoms with van der Waals surface area (Å²) in [6.45, 7) is 5.88. The zero-order valence-electron chi connectivity index (χ0n) is 15.6. The molecular weight excluding hydrogens is 316 g/mol. The topological polar surface area (TPSA) is 63.6 Å². The number of hydrogen-bond acceptors (Lipinski definition) is 4. The van der Waals surface area contributed by atoms with Crippen LogP contribution in [0.5, 0.6) is 0 Å². The first kappa shape index (κ1) is 17.3. The molecule has 4 rings (SSSR count). The van der Waals surface area contributed by atoms with Crippen LogP contribution in [0, 0.1) is 28.6 Å². The van der Waals surface area contributed by atoms with Gasteiger partial charge in [0.05, 0.1) is 6.10 Å². The number of ketones is 1. The van der Waals surface area contributed by atoms with Gasteiger partial charge in [0.25, 0.3) is 0 Å². The first-order chi connectivity index (χ1) is 11.8. The van der Waals surface area contributed by atoms with Crippen LogP contribution in [0.4, 0.5) is 0 Å². The van der Waals surface area contributed by atoms with Gasteiger partial charge in [0, 0.05) is 12.3 Å². The van der Waals surface area contributed by atoms with Gasteiger partial charge in [-0.2, -0.15) is 0 Å². The van der Waals surface area contributed by atoms with Crippen LogP contribution >= 0.6 is 0 Å². The summed E-state index contributed by atoms with van der Waals surface area (Å²) in [6, 6.07) is 0. The van der Waals surface area contributed by atoms with Crippen molar-refractivity contribution >= 4 is 11.8 Å². The van der Waals surface area contributed by atoms with Crippen LogP contribution in [0.2, 0.25) is 0 Å². The third kappa shape index (κ3) is 2.43. The van der Waals surface area contributed by atoms with E-state index in [2.05, 4.69) is 19.9 Å². The summed E-state index contributed by atoms with van der Waals surface area (Å²) in [5.41, 5.74) is 1.28. The lowest BCUT2D eigenvalue weighted by molar-refractivity contribution is -0.153. The molecule has 0 heterocycles. The fourth-order valence-electron chi connectivity index (χ4n) is 6.71. The van der Waals surface area contributed by atoms with E-state index in [1.165, 1.54) is 12.5 Å². The Labute approximate surface area is 150 Å². The van der Waals surface area contributed by atoms with Gasteiger partial charge in [-0.05, 0) is 68.1 Å². The smallest absolute Gasteiger partial charge is 0.303 e. The van der Waals surface area contributed by atoms with Gasteiger partial charge in [0.2, 0.25) is 0 Å². The second kappa shape index (κ2) is 5.67. The molecule has 0 bridgehead atoms. The molecule has 3 fully saturated rings. The fourth-order valence-corrected chi connectivity index (χ4v) is 6.71. The summed E-state index contributed by atoms with van der Waals surface area (Å²) in [5, 5.41) is 10.1. The van der Waals surface area contributed by atoms with Crippen molar-refractivity contribution in [1.82, 2.24) is 0 Å². The number of ether oxygens (including phenoxy) is 1. The largest absolute Gasteiger partial charge is 0.455 e. The van der Waals surface area contributed by atoms with E-state index in [1.54, 1.807) is 0 Å². The van der Waals surface area contributed by atoms with E-state index in [1.807, 2.05) is 0 Å². The molecule has 0 aromatic rings. The molecule has 4 nitrogen and oxygen atoms in total. The third-order valence-electron chi connectivity index (χ3n) is 8.10. The molecule has 138 valence electrons. The van der Waals surface area contributed by atoms with Crippen molar-refractivity contribution in [3.8, 4) is 0 Å². The third-order valence-corrected chi connectivity index (χ3v) is 8.10. The molecule has 4 heteroatoms. The SMILES string of the molecule is CC(=O)O[C@@H]1CC2C3CC=C4CC(O)CC[C@]4(C)C3CC[C@]2(C)C1=O. The number of esters is 1. The number of Topliss-reactive ketones (excluding diaryl/α,β-unsaturated/α-hetero) is 1. The molecule has 0 amide bonds. The van der Waals surface area contributed by atoms with Crippen LogP contribution < -0.4 is 0 Å². The van der Waals surface area contributed by atoms with Gasteiger partial charge in [-0.15, -0.1) is 0 Å². The number of rotatable bonds is 1. The highest BCUT2D eigenvalue weighted by Crippen LogP contribution is 2.64. The first-order valence-corrected chi connectivity index (χ1v) is 9.85.